The first-order valence-electron chi connectivity index (χ1n) is 12.3. The van der Waals surface area contributed by atoms with Crippen LogP contribution in [0.5, 0.6) is 0 Å². The van der Waals surface area contributed by atoms with Crippen LogP contribution in [0.3, 0.4) is 0 Å². The molecule has 3 aliphatic rings. The molecule has 31 heavy (non-hydrogen) atoms. The van der Waals surface area contributed by atoms with Gasteiger partial charge in [-0.15, -0.1) is 0 Å². The van der Waals surface area contributed by atoms with Gasteiger partial charge in [0.05, 0.1) is 5.69 Å². The molecule has 3 aliphatic heterocycles. The van der Waals surface area contributed by atoms with Crippen molar-refractivity contribution >= 4 is 6.09 Å². The molecule has 2 fully saturated rings. The maximum absolute atomic E-state index is 12.1. The molecule has 0 aliphatic carbocycles. The molecular formula is C25H44N4O2. The number of aryl methyl sites for hydroxylation is 2. The molecule has 2 unspecified atom stereocenters. The lowest BCUT2D eigenvalue weighted by Gasteiger charge is -2.35. The zero-order chi connectivity index (χ0) is 22.8. The van der Waals surface area contributed by atoms with E-state index in [9.17, 15) is 4.79 Å². The van der Waals surface area contributed by atoms with Crippen molar-refractivity contribution in [3.05, 3.63) is 17.7 Å². The zero-order valence-electron chi connectivity index (χ0n) is 20.9. The Hall–Kier alpha value is -1.56. The number of aromatic nitrogens is 2. The average molecular weight is 433 g/mol. The summed E-state index contributed by atoms with van der Waals surface area (Å²) >= 11 is 0. The van der Waals surface area contributed by atoms with Gasteiger partial charge < -0.3 is 19.1 Å². The van der Waals surface area contributed by atoms with E-state index in [0.29, 0.717) is 17.9 Å². The Labute approximate surface area is 189 Å². The van der Waals surface area contributed by atoms with Crippen molar-refractivity contribution in [3.63, 3.8) is 0 Å². The first-order chi connectivity index (χ1) is 14.5. The van der Waals surface area contributed by atoms with Crippen molar-refractivity contribution in [2.45, 2.75) is 98.3 Å². The van der Waals surface area contributed by atoms with Crippen molar-refractivity contribution in [3.8, 4) is 0 Å². The summed E-state index contributed by atoms with van der Waals surface area (Å²) in [6.07, 6.45) is 7.00. The van der Waals surface area contributed by atoms with Crippen LogP contribution in [0.1, 0.15) is 85.2 Å². The number of imidazole rings is 1. The number of fused-ring (bicyclic) bond motifs is 2. The van der Waals surface area contributed by atoms with Crippen LogP contribution in [0.4, 0.5) is 4.79 Å². The normalized spacial score (nSPS) is 24.0. The number of carbonyl (C=O) groups excluding carboxylic acids is 1. The lowest BCUT2D eigenvalue weighted by molar-refractivity contribution is 0.0139. The summed E-state index contributed by atoms with van der Waals surface area (Å²) in [7, 11) is 0. The number of amides is 1. The van der Waals surface area contributed by atoms with Gasteiger partial charge in [0.15, 0.2) is 0 Å². The van der Waals surface area contributed by atoms with Crippen LogP contribution >= 0.6 is 0 Å². The molecule has 4 rings (SSSR count). The van der Waals surface area contributed by atoms with E-state index >= 15 is 0 Å². The minimum Gasteiger partial charge on any atom is -0.444 e. The van der Waals surface area contributed by atoms with Crippen LogP contribution in [0.15, 0.2) is 6.20 Å². The number of piperidine rings is 1. The molecule has 2 atom stereocenters. The third-order valence-electron chi connectivity index (χ3n) is 6.73. The summed E-state index contributed by atoms with van der Waals surface area (Å²) in [5.74, 6) is 3.26. The molecule has 4 heterocycles. The molecule has 6 heteroatoms. The van der Waals surface area contributed by atoms with Crippen LogP contribution < -0.4 is 0 Å². The predicted octanol–water partition coefficient (Wildman–Crippen LogP) is 4.93. The number of hydrogen-bond acceptors (Lipinski definition) is 4. The molecule has 0 bridgehead atoms. The highest BCUT2D eigenvalue weighted by molar-refractivity contribution is 5.68. The average Bonchev–Trinajstić information content (AvgIpc) is 3.31. The summed E-state index contributed by atoms with van der Waals surface area (Å²) < 4.78 is 7.79. The van der Waals surface area contributed by atoms with Crippen molar-refractivity contribution < 1.29 is 9.53 Å². The highest BCUT2D eigenvalue weighted by Gasteiger charge is 2.39. The van der Waals surface area contributed by atoms with Crippen molar-refractivity contribution in [2.75, 3.05) is 26.2 Å². The number of nitrogens with zero attached hydrogens (tertiary/aromatic N) is 4. The Kier molecular flexibility index (Phi) is 7.72. The molecule has 176 valence electrons. The second-order valence-electron chi connectivity index (χ2n) is 11.2. The maximum Gasteiger partial charge on any atom is 0.410 e. The van der Waals surface area contributed by atoms with Crippen LogP contribution in [0.25, 0.3) is 0 Å². The number of ether oxygens (including phenoxy) is 1. The fourth-order valence-corrected chi connectivity index (χ4v) is 4.83. The van der Waals surface area contributed by atoms with Gasteiger partial charge >= 0.3 is 6.09 Å². The van der Waals surface area contributed by atoms with Gasteiger partial charge in [-0.2, -0.15) is 0 Å². The number of carbonyl (C=O) groups is 1. The van der Waals surface area contributed by atoms with E-state index in [1.165, 1.54) is 43.9 Å². The van der Waals surface area contributed by atoms with Gasteiger partial charge in [-0.1, -0.05) is 13.8 Å². The Morgan fingerprint density at radius 2 is 1.77 bits per heavy atom. The maximum atomic E-state index is 12.1. The SMILES string of the molecule is CC(C)N1CC2CCN(C(=O)OC(C)(C)C)CC2C1.CC(C)c1cn2c(n1)CCCC2. The molecular weight excluding hydrogens is 388 g/mol. The van der Waals surface area contributed by atoms with Crippen molar-refractivity contribution in [1.82, 2.24) is 19.4 Å². The van der Waals surface area contributed by atoms with E-state index < -0.39 is 5.60 Å². The number of likely N-dealkylation sites (tertiary alicyclic amines) is 2. The van der Waals surface area contributed by atoms with Gasteiger partial charge in [0, 0.05) is 51.4 Å². The van der Waals surface area contributed by atoms with Gasteiger partial charge in [-0.25, -0.2) is 9.78 Å². The fraction of sp³-hybridized carbons (Fsp3) is 0.840. The lowest BCUT2D eigenvalue weighted by atomic mass is 9.89. The highest BCUT2D eigenvalue weighted by Crippen LogP contribution is 2.32. The van der Waals surface area contributed by atoms with Gasteiger partial charge in [-0.3, -0.25) is 0 Å². The first kappa shape index (κ1) is 24.1. The standard InChI is InChI=1S/C15H28N2O2.C10H16N2/c1-11(2)17-8-12-6-7-16(9-13(12)10-17)14(18)19-15(3,4)5;1-8(2)9-7-12-6-4-3-5-10(12)11-9/h11-13H,6-10H2,1-5H3;7-8H,3-6H2,1-2H3. The van der Waals surface area contributed by atoms with Crippen LogP contribution in [0.2, 0.25) is 0 Å². The van der Waals surface area contributed by atoms with Crippen LogP contribution in [-0.4, -0.2) is 63.3 Å². The van der Waals surface area contributed by atoms with E-state index in [0.717, 1.165) is 32.0 Å². The molecule has 0 saturated carbocycles. The lowest BCUT2D eigenvalue weighted by Crippen LogP contribution is -2.45. The Morgan fingerprint density at radius 1 is 1.06 bits per heavy atom. The molecule has 0 aromatic carbocycles. The summed E-state index contributed by atoms with van der Waals surface area (Å²) in [5, 5.41) is 0. The minimum atomic E-state index is -0.395. The predicted molar refractivity (Wildman–Crippen MR) is 125 cm³/mol. The summed E-state index contributed by atoms with van der Waals surface area (Å²) in [4.78, 5) is 21.2. The molecule has 2 saturated heterocycles. The van der Waals surface area contributed by atoms with Crippen molar-refractivity contribution in [2.24, 2.45) is 11.8 Å². The van der Waals surface area contributed by atoms with Gasteiger partial charge in [0.2, 0.25) is 0 Å². The topological polar surface area (TPSA) is 50.6 Å². The Bertz CT molecular complexity index is 711. The third-order valence-corrected chi connectivity index (χ3v) is 6.73. The number of rotatable bonds is 2. The second kappa shape index (κ2) is 9.93. The Morgan fingerprint density at radius 3 is 2.39 bits per heavy atom. The van der Waals surface area contributed by atoms with E-state index in [1.54, 1.807) is 0 Å². The van der Waals surface area contributed by atoms with Gasteiger partial charge in [0.1, 0.15) is 11.4 Å². The summed E-state index contributed by atoms with van der Waals surface area (Å²) in [5.41, 5.74) is 0.861. The largest absolute Gasteiger partial charge is 0.444 e. The van der Waals surface area contributed by atoms with E-state index in [4.69, 9.17) is 4.74 Å². The number of hydrogen-bond donors (Lipinski definition) is 0. The van der Waals surface area contributed by atoms with Gasteiger partial charge in [0.25, 0.3) is 0 Å². The van der Waals surface area contributed by atoms with Crippen molar-refractivity contribution in [1.29, 1.82) is 0 Å². The zero-order valence-corrected chi connectivity index (χ0v) is 20.9. The fourth-order valence-electron chi connectivity index (χ4n) is 4.83. The van der Waals surface area contributed by atoms with Crippen LogP contribution in [0, 0.1) is 11.8 Å². The quantitative estimate of drug-likeness (QED) is 0.665. The van der Waals surface area contributed by atoms with Gasteiger partial charge in [-0.05, 0) is 71.6 Å². The Balaban J connectivity index is 0.000000194. The molecule has 0 radical (unpaired) electrons. The molecule has 6 nitrogen and oxygen atoms in total. The monoisotopic (exact) mass is 432 g/mol. The minimum absolute atomic E-state index is 0.144. The van der Waals surface area contributed by atoms with E-state index in [2.05, 4.69) is 48.3 Å². The smallest absolute Gasteiger partial charge is 0.410 e. The molecule has 0 N–H and O–H groups in total. The molecule has 1 amide bonds. The second-order valence-corrected chi connectivity index (χ2v) is 11.2. The summed E-state index contributed by atoms with van der Waals surface area (Å²) in [6.45, 7) is 19.9. The van der Waals surface area contributed by atoms with E-state index in [-0.39, 0.29) is 6.09 Å². The summed E-state index contributed by atoms with van der Waals surface area (Å²) in [6, 6.07) is 0.612. The highest BCUT2D eigenvalue weighted by atomic mass is 16.6. The van der Waals surface area contributed by atoms with Crippen LogP contribution in [-0.2, 0) is 17.7 Å². The van der Waals surface area contributed by atoms with E-state index in [1.807, 2.05) is 25.7 Å². The third kappa shape index (κ3) is 6.47. The molecule has 0 spiro atoms. The molecule has 1 aromatic heterocycles. The molecule has 1 aromatic rings. The first-order valence-corrected chi connectivity index (χ1v) is 12.3.